The molecule has 0 radical (unpaired) electrons. The zero-order valence-electron chi connectivity index (χ0n) is 12.9. The fraction of sp³-hybridized carbons (Fsp3) is 0.467. The second-order valence-corrected chi connectivity index (χ2v) is 6.02. The number of nitrogens with zero attached hydrogens (tertiary/aromatic N) is 2. The largest absolute Gasteiger partial charge is 0.419 e. The van der Waals surface area contributed by atoms with Crippen LogP contribution in [0.4, 0.5) is 19.0 Å². The highest BCUT2D eigenvalue weighted by Crippen LogP contribution is 2.32. The number of H-pyrrole nitrogens is 1. The summed E-state index contributed by atoms with van der Waals surface area (Å²) in [6, 6.07) is 0.911. The molecule has 0 spiro atoms. The van der Waals surface area contributed by atoms with E-state index in [1.54, 1.807) is 11.0 Å². The normalized spacial score (nSPS) is 15.6. The number of hydrogen-bond donors (Lipinski definition) is 0. The topological polar surface area (TPSA) is 37.7 Å². The third-order valence-corrected chi connectivity index (χ3v) is 3.81. The summed E-state index contributed by atoms with van der Waals surface area (Å²) in [6.45, 7) is 5.70. The lowest BCUT2D eigenvalue weighted by atomic mass is 10.2. The molecule has 0 aromatic carbocycles. The number of carbonyl (C=O) groups excluding carboxylic acids is 1. The number of rotatable bonds is 2. The van der Waals surface area contributed by atoms with E-state index in [1.165, 1.54) is 0 Å². The minimum atomic E-state index is -4.44. The van der Waals surface area contributed by atoms with Crippen molar-refractivity contribution >= 4 is 23.3 Å². The van der Waals surface area contributed by atoms with E-state index in [4.69, 9.17) is 11.6 Å². The quantitative estimate of drug-likeness (QED) is 0.771. The first-order chi connectivity index (χ1) is 10.7. The van der Waals surface area contributed by atoms with Crippen molar-refractivity contribution in [2.75, 3.05) is 31.1 Å². The second-order valence-electron chi connectivity index (χ2n) is 5.62. The number of aromatic nitrogens is 1. The van der Waals surface area contributed by atoms with Gasteiger partial charge in [-0.25, -0.2) is 4.98 Å². The molecule has 1 aliphatic heterocycles. The molecule has 0 bridgehead atoms. The fourth-order valence-corrected chi connectivity index (χ4v) is 2.65. The molecule has 0 atom stereocenters. The van der Waals surface area contributed by atoms with Gasteiger partial charge in [-0.05, 0) is 19.9 Å². The van der Waals surface area contributed by atoms with Crippen molar-refractivity contribution in [3.05, 3.63) is 34.5 Å². The third-order valence-electron chi connectivity index (χ3n) is 3.52. The molecule has 1 saturated heterocycles. The van der Waals surface area contributed by atoms with E-state index < -0.39 is 11.7 Å². The van der Waals surface area contributed by atoms with Crippen LogP contribution in [0.15, 0.2) is 23.9 Å². The van der Waals surface area contributed by atoms with Crippen LogP contribution in [0.5, 0.6) is 0 Å². The standard InChI is InChI=1S/C15H17ClF3N3O/c1-10(2)7-13(23)21-3-5-22(6-4-21)14-12(16)8-11(9-20-14)15(17,18)19/h7-9H,3-6H2,1-2H3/p+1. The maximum absolute atomic E-state index is 12.6. The second kappa shape index (κ2) is 6.78. The summed E-state index contributed by atoms with van der Waals surface area (Å²) < 4.78 is 37.9. The van der Waals surface area contributed by atoms with E-state index in [0.717, 1.165) is 17.8 Å². The zero-order chi connectivity index (χ0) is 17.2. The number of pyridine rings is 1. The predicted molar refractivity (Wildman–Crippen MR) is 81.2 cm³/mol. The number of carbonyl (C=O) groups is 1. The molecule has 1 N–H and O–H groups in total. The molecule has 1 aliphatic rings. The summed E-state index contributed by atoms with van der Waals surface area (Å²) >= 11 is 5.97. The predicted octanol–water partition coefficient (Wildman–Crippen LogP) is 2.79. The molecule has 23 heavy (non-hydrogen) atoms. The Morgan fingerprint density at radius 3 is 2.35 bits per heavy atom. The van der Waals surface area contributed by atoms with Crippen molar-refractivity contribution in [1.29, 1.82) is 0 Å². The van der Waals surface area contributed by atoms with Crippen LogP contribution in [-0.2, 0) is 11.0 Å². The first-order valence-electron chi connectivity index (χ1n) is 7.15. The van der Waals surface area contributed by atoms with Crippen LogP contribution < -0.4 is 9.88 Å². The average molecular weight is 349 g/mol. The number of piperazine rings is 1. The van der Waals surface area contributed by atoms with Crippen molar-refractivity contribution in [2.24, 2.45) is 0 Å². The van der Waals surface area contributed by atoms with E-state index in [2.05, 4.69) is 4.98 Å². The van der Waals surface area contributed by atoms with E-state index in [0.29, 0.717) is 32.0 Å². The Hall–Kier alpha value is -1.76. The first-order valence-corrected chi connectivity index (χ1v) is 7.53. The van der Waals surface area contributed by atoms with Crippen molar-refractivity contribution < 1.29 is 22.9 Å². The van der Waals surface area contributed by atoms with E-state index >= 15 is 0 Å². The minimum absolute atomic E-state index is 0.0175. The molecule has 2 rings (SSSR count). The summed E-state index contributed by atoms with van der Waals surface area (Å²) in [5.74, 6) is 0.390. The SMILES string of the molecule is CC(C)=CC(=O)N1CCN(c2[nH+]cc(C(F)(F)F)cc2Cl)CC1. The molecule has 1 aromatic heterocycles. The molecular formula is C15H18ClF3N3O+. The molecule has 0 unspecified atom stereocenters. The van der Waals surface area contributed by atoms with Gasteiger partial charge in [0.2, 0.25) is 5.91 Å². The van der Waals surface area contributed by atoms with Crippen LogP contribution in [0.3, 0.4) is 0 Å². The first kappa shape index (κ1) is 17.6. The van der Waals surface area contributed by atoms with Crippen LogP contribution in [0.1, 0.15) is 19.4 Å². The fourth-order valence-electron chi connectivity index (χ4n) is 2.36. The Bertz CT molecular complexity index is 619. The molecule has 0 aliphatic carbocycles. The monoisotopic (exact) mass is 348 g/mol. The van der Waals surface area contributed by atoms with Gasteiger partial charge in [0.25, 0.3) is 5.82 Å². The Labute approximate surface area is 137 Å². The number of alkyl halides is 3. The summed E-state index contributed by atoms with van der Waals surface area (Å²) in [5, 5.41) is 0.0175. The summed E-state index contributed by atoms with van der Waals surface area (Å²) in [5.41, 5.74) is 0.111. The third kappa shape index (κ3) is 4.37. The lowest BCUT2D eigenvalue weighted by Gasteiger charge is -2.30. The molecule has 1 amide bonds. The lowest BCUT2D eigenvalue weighted by Crippen LogP contribution is -2.49. The van der Waals surface area contributed by atoms with Crippen LogP contribution in [0.2, 0.25) is 5.02 Å². The Kier molecular flexibility index (Phi) is 5.19. The number of amides is 1. The van der Waals surface area contributed by atoms with Gasteiger partial charge in [-0.1, -0.05) is 17.2 Å². The van der Waals surface area contributed by atoms with Crippen molar-refractivity contribution in [1.82, 2.24) is 4.90 Å². The lowest BCUT2D eigenvalue weighted by molar-refractivity contribution is -0.367. The van der Waals surface area contributed by atoms with Gasteiger partial charge in [0.05, 0.1) is 18.7 Å². The van der Waals surface area contributed by atoms with Crippen LogP contribution in [0, 0.1) is 0 Å². The van der Waals surface area contributed by atoms with Gasteiger partial charge in [0, 0.05) is 6.08 Å². The van der Waals surface area contributed by atoms with Crippen molar-refractivity contribution in [3.63, 3.8) is 0 Å². The Balaban J connectivity index is 2.06. The van der Waals surface area contributed by atoms with Crippen LogP contribution in [0.25, 0.3) is 0 Å². The Morgan fingerprint density at radius 1 is 1.26 bits per heavy atom. The van der Waals surface area contributed by atoms with Crippen LogP contribution in [-0.4, -0.2) is 37.0 Å². The van der Waals surface area contributed by atoms with E-state index in [-0.39, 0.29) is 10.9 Å². The molecule has 0 saturated carbocycles. The van der Waals surface area contributed by atoms with Gasteiger partial charge >= 0.3 is 6.18 Å². The Morgan fingerprint density at radius 2 is 1.87 bits per heavy atom. The van der Waals surface area contributed by atoms with Crippen LogP contribution >= 0.6 is 11.6 Å². The minimum Gasteiger partial charge on any atom is -0.331 e. The summed E-state index contributed by atoms with van der Waals surface area (Å²) in [4.78, 5) is 18.1. The number of nitrogens with one attached hydrogen (secondary N) is 1. The van der Waals surface area contributed by atoms with Gasteiger partial charge in [-0.3, -0.25) is 9.69 Å². The number of anilines is 1. The number of hydrogen-bond acceptors (Lipinski definition) is 2. The highest BCUT2D eigenvalue weighted by molar-refractivity contribution is 6.32. The number of halogens is 4. The highest BCUT2D eigenvalue weighted by Gasteiger charge is 2.34. The maximum Gasteiger partial charge on any atom is 0.419 e. The number of allylic oxidation sites excluding steroid dienone is 1. The molecule has 1 aromatic rings. The number of aromatic amines is 1. The summed E-state index contributed by atoms with van der Waals surface area (Å²) in [7, 11) is 0. The smallest absolute Gasteiger partial charge is 0.331 e. The molecule has 8 heteroatoms. The van der Waals surface area contributed by atoms with Gasteiger partial charge in [0.15, 0.2) is 0 Å². The van der Waals surface area contributed by atoms with Gasteiger partial charge < -0.3 is 4.90 Å². The van der Waals surface area contributed by atoms with Gasteiger partial charge in [-0.2, -0.15) is 13.2 Å². The molecule has 2 heterocycles. The van der Waals surface area contributed by atoms with Crippen molar-refractivity contribution in [2.45, 2.75) is 20.0 Å². The molecule has 1 fully saturated rings. The van der Waals surface area contributed by atoms with E-state index in [1.807, 2.05) is 18.7 Å². The highest BCUT2D eigenvalue weighted by atomic mass is 35.5. The molecular weight excluding hydrogens is 331 g/mol. The van der Waals surface area contributed by atoms with Gasteiger partial charge in [0.1, 0.15) is 24.3 Å². The van der Waals surface area contributed by atoms with Crippen molar-refractivity contribution in [3.8, 4) is 0 Å². The molecule has 4 nitrogen and oxygen atoms in total. The summed E-state index contributed by atoms with van der Waals surface area (Å²) in [6.07, 6.45) is -1.96. The van der Waals surface area contributed by atoms with E-state index in [9.17, 15) is 18.0 Å². The van der Waals surface area contributed by atoms with Gasteiger partial charge in [-0.15, -0.1) is 0 Å². The average Bonchev–Trinajstić information content (AvgIpc) is 2.45. The molecule has 126 valence electrons. The zero-order valence-corrected chi connectivity index (χ0v) is 13.6. The maximum atomic E-state index is 12.6.